The predicted octanol–water partition coefficient (Wildman–Crippen LogP) is 4.66. The van der Waals surface area contributed by atoms with E-state index >= 15 is 0 Å². The molecule has 4 saturated heterocycles. The number of aliphatic hydroxyl groups is 5. The lowest BCUT2D eigenvalue weighted by atomic mass is 9.40. The van der Waals surface area contributed by atoms with E-state index in [1.807, 2.05) is 51.1 Å². The first kappa shape index (κ1) is 58.1. The van der Waals surface area contributed by atoms with Crippen molar-refractivity contribution in [3.05, 3.63) is 42.0 Å². The van der Waals surface area contributed by atoms with Crippen LogP contribution in [-0.2, 0) is 66.4 Å². The number of Topliss-reactive ketones (excluding diaryl/α,β-unsaturated/α-hetero) is 1. The molecule has 1 aromatic rings. The molecule has 4 aliphatic carbocycles. The maximum atomic E-state index is 13.6. The summed E-state index contributed by atoms with van der Waals surface area (Å²) >= 11 is 0. The monoisotopic (exact) mass is 1070 g/mol. The second-order valence-electron chi connectivity index (χ2n) is 23.8. The zero-order chi connectivity index (χ0) is 54.7. The number of rotatable bonds is 15. The Labute approximate surface area is 447 Å². The number of hydrogen-bond donors (Lipinski definition) is 5. The molecule has 1 aromatic carbocycles. The molecule has 0 unspecified atom stereocenters. The lowest BCUT2D eigenvalue weighted by Gasteiger charge is -2.69. The van der Waals surface area contributed by atoms with E-state index in [1.165, 1.54) is 13.0 Å². The van der Waals surface area contributed by atoms with Crippen LogP contribution in [0.2, 0.25) is 0 Å². The van der Waals surface area contributed by atoms with Crippen molar-refractivity contribution < 1.29 is 92.0 Å². The number of hydrogen-bond acceptors (Lipinski definition) is 19. The molecular formula is C57H86O19. The minimum absolute atomic E-state index is 0.0323. The molecule has 5 N–H and O–H groups in total. The van der Waals surface area contributed by atoms with E-state index < -0.39 is 144 Å². The van der Waals surface area contributed by atoms with E-state index in [4.69, 9.17) is 56.8 Å². The van der Waals surface area contributed by atoms with Gasteiger partial charge in [0.25, 0.3) is 0 Å². The van der Waals surface area contributed by atoms with E-state index in [9.17, 15) is 35.1 Å². The number of aliphatic hydroxyl groups excluding tert-OH is 2. The fraction of sp³-hybridized carbons (Fsp3) is 0.825. The van der Waals surface area contributed by atoms with Crippen molar-refractivity contribution in [3.8, 4) is 0 Å². The van der Waals surface area contributed by atoms with Crippen molar-refractivity contribution in [2.24, 2.45) is 22.7 Å². The zero-order valence-corrected chi connectivity index (χ0v) is 46.0. The summed E-state index contributed by atoms with van der Waals surface area (Å²) in [4.78, 5) is 26.9. The third-order valence-corrected chi connectivity index (χ3v) is 19.9. The number of carbonyl (C=O) groups is 2. The van der Waals surface area contributed by atoms with Crippen molar-refractivity contribution in [1.82, 2.24) is 0 Å². The highest BCUT2D eigenvalue weighted by Gasteiger charge is 2.82. The Kier molecular flexibility index (Phi) is 17.4. The number of ketones is 1. The van der Waals surface area contributed by atoms with Gasteiger partial charge in [0, 0.05) is 53.1 Å². The Balaban J connectivity index is 0.790. The van der Waals surface area contributed by atoms with Crippen molar-refractivity contribution in [1.29, 1.82) is 0 Å². The number of ether oxygens (including phenoxy) is 12. The molecule has 4 aliphatic heterocycles. The second kappa shape index (κ2) is 22.8. The van der Waals surface area contributed by atoms with Gasteiger partial charge in [-0.2, -0.15) is 0 Å². The van der Waals surface area contributed by atoms with E-state index in [2.05, 4.69) is 6.92 Å². The molecule has 76 heavy (non-hydrogen) atoms. The predicted molar refractivity (Wildman–Crippen MR) is 271 cm³/mol. The minimum Gasteiger partial charge on any atom is -0.458 e. The molecule has 19 nitrogen and oxygen atoms in total. The van der Waals surface area contributed by atoms with Crippen LogP contribution in [0.4, 0.5) is 0 Å². The summed E-state index contributed by atoms with van der Waals surface area (Å²) in [6.45, 7) is 12.4. The quantitative estimate of drug-likeness (QED) is 0.0911. The average molecular weight is 1080 g/mol. The summed E-state index contributed by atoms with van der Waals surface area (Å²) in [5.74, 6) is -1.69. The molecule has 0 aromatic heterocycles. The molecular weight excluding hydrogens is 989 g/mol. The summed E-state index contributed by atoms with van der Waals surface area (Å²) < 4.78 is 74.8. The van der Waals surface area contributed by atoms with Crippen LogP contribution in [0, 0.1) is 22.7 Å². The number of carbonyl (C=O) groups excluding carboxylic acids is 2. The lowest BCUT2D eigenvalue weighted by molar-refractivity contribution is -0.348. The molecule has 428 valence electrons. The molecule has 0 spiro atoms. The third kappa shape index (κ3) is 10.4. The molecule has 8 aliphatic rings. The first-order valence-electron chi connectivity index (χ1n) is 27.8. The zero-order valence-electron chi connectivity index (χ0n) is 46.0. The number of esters is 1. The van der Waals surface area contributed by atoms with Crippen molar-refractivity contribution >= 4 is 17.8 Å². The topological polar surface area (TPSA) is 246 Å². The maximum Gasteiger partial charge on any atom is 0.331 e. The molecule has 9 rings (SSSR count). The maximum absolute atomic E-state index is 13.6. The highest BCUT2D eigenvalue weighted by molar-refractivity contribution is 5.88. The van der Waals surface area contributed by atoms with Gasteiger partial charge in [-0.05, 0) is 122 Å². The minimum atomic E-state index is -2.03. The molecule has 4 heterocycles. The largest absolute Gasteiger partial charge is 0.458 e. The molecule has 25 atom stereocenters. The normalized spacial score (nSPS) is 49.6. The summed E-state index contributed by atoms with van der Waals surface area (Å²) in [6.07, 6.45) is -3.81. The molecule has 4 saturated carbocycles. The van der Waals surface area contributed by atoms with Gasteiger partial charge in [0.1, 0.15) is 41.7 Å². The fourth-order valence-electron chi connectivity index (χ4n) is 15.4. The summed E-state index contributed by atoms with van der Waals surface area (Å²) in [6, 6.07) is 9.30. The van der Waals surface area contributed by atoms with Gasteiger partial charge >= 0.3 is 5.97 Å². The highest BCUT2D eigenvalue weighted by Crippen LogP contribution is 2.72. The van der Waals surface area contributed by atoms with Crippen LogP contribution in [0.3, 0.4) is 0 Å². The van der Waals surface area contributed by atoms with Crippen LogP contribution >= 0.6 is 0 Å². The number of benzene rings is 1. The van der Waals surface area contributed by atoms with Crippen LogP contribution < -0.4 is 0 Å². The van der Waals surface area contributed by atoms with Crippen molar-refractivity contribution in [3.63, 3.8) is 0 Å². The van der Waals surface area contributed by atoms with E-state index in [-0.39, 0.29) is 50.2 Å². The highest BCUT2D eigenvalue weighted by atomic mass is 16.8. The Morgan fingerprint density at radius 2 is 1.17 bits per heavy atom. The van der Waals surface area contributed by atoms with E-state index in [0.717, 1.165) is 5.56 Å². The van der Waals surface area contributed by atoms with Crippen LogP contribution in [0.25, 0.3) is 6.08 Å². The van der Waals surface area contributed by atoms with Crippen molar-refractivity contribution in [2.75, 3.05) is 21.3 Å². The Bertz CT molecular complexity index is 2170. The van der Waals surface area contributed by atoms with Gasteiger partial charge in [0.2, 0.25) is 0 Å². The summed E-state index contributed by atoms with van der Waals surface area (Å²) in [7, 11) is 4.79. The van der Waals surface area contributed by atoms with E-state index in [1.54, 1.807) is 41.3 Å². The van der Waals surface area contributed by atoms with Crippen LogP contribution in [-0.4, -0.2) is 186 Å². The molecule has 0 bridgehead atoms. The standard InChI is InChI=1S/C57H86O19/c1-30-49(61)39(65-8)26-46(68-30)75-51-33(4)71-48(28-41(51)67-10)76-52-32(3)70-47(27-40(52)66-9)74-50-31(2)69-45(25-38(50)59)72-37-19-20-53(6)36(24-37)18-21-56(63)42(53)29-43(73-44(60)17-16-35-14-12-11-13-15-35)54(7)55(62,34(5)58)22-23-57(54,56)64/h11-17,30-33,36-43,45-52,59,61-64H,18-29H2,1-10H3/t30-,31-,32-,33-,36+,37+,38+,39-,40-,41-,42-,43-,45+,46+,47+,48+,49-,50-,51-,52-,53+,54-,55-,56+,57-/m1/s1. The Hall–Kier alpha value is -2.54. The number of methoxy groups -OCH3 is 3. The van der Waals surface area contributed by atoms with Crippen LogP contribution in [0.15, 0.2) is 36.4 Å². The lowest BCUT2D eigenvalue weighted by Crippen LogP contribution is -2.79. The van der Waals surface area contributed by atoms with Crippen LogP contribution in [0.1, 0.15) is 131 Å². The molecule has 0 radical (unpaired) electrons. The molecule has 19 heteroatoms. The van der Waals surface area contributed by atoms with E-state index in [0.29, 0.717) is 44.9 Å². The summed E-state index contributed by atoms with van der Waals surface area (Å²) in [5, 5.41) is 60.2. The molecule has 8 fully saturated rings. The van der Waals surface area contributed by atoms with Crippen LogP contribution in [0.5, 0.6) is 0 Å². The van der Waals surface area contributed by atoms with Gasteiger partial charge in [0.05, 0.1) is 66.0 Å². The average Bonchev–Trinajstić information content (AvgIpc) is 3.72. The van der Waals surface area contributed by atoms with Gasteiger partial charge in [-0.3, -0.25) is 4.79 Å². The molecule has 0 amide bonds. The Morgan fingerprint density at radius 1 is 0.632 bits per heavy atom. The first-order valence-corrected chi connectivity index (χ1v) is 27.8. The Morgan fingerprint density at radius 3 is 1.74 bits per heavy atom. The fourth-order valence-corrected chi connectivity index (χ4v) is 15.4. The van der Waals surface area contributed by atoms with Gasteiger partial charge < -0.3 is 82.4 Å². The van der Waals surface area contributed by atoms with Crippen molar-refractivity contribution in [2.45, 2.75) is 253 Å². The smallest absolute Gasteiger partial charge is 0.331 e. The SMILES string of the molecule is CO[C@@H]1C[C@H](O[C@@H]2[C@@H](C)O[C@@H](O[C@@H]3[C@@H](C)O[C@@H](O[C@H]4[C@@H](O)C[C@H](O[C@H]5CC[C@@]6(C)[C@@H](CC[C@]7(O)[C@@H]6C[C@@H](OC(=O)C=Cc6ccccc6)[C@@]6(C)[C@]7(O)CC[C@@]6(O)C(C)=O)C5)O[C@@H]4C)C[C@H]3OC)C[C@H]2OC)O[C@H](C)[C@H]1O. The number of fused-ring (bicyclic) bond motifs is 5. The third-order valence-electron chi connectivity index (χ3n) is 19.9. The second-order valence-corrected chi connectivity index (χ2v) is 23.8. The van der Waals surface area contributed by atoms with Gasteiger partial charge in [-0.15, -0.1) is 0 Å². The summed E-state index contributed by atoms with van der Waals surface area (Å²) in [5.41, 5.74) is -7.07. The van der Waals surface area contributed by atoms with Gasteiger partial charge in [-0.1, -0.05) is 37.3 Å². The van der Waals surface area contributed by atoms with Gasteiger partial charge in [-0.25, -0.2) is 4.79 Å². The van der Waals surface area contributed by atoms with Gasteiger partial charge in [0.15, 0.2) is 30.9 Å². The first-order chi connectivity index (χ1) is 36.0.